The topological polar surface area (TPSA) is 95.6 Å². The molecule has 0 spiro atoms. The number of nitrogen functional groups attached to an aromatic ring is 1. The largest absolute Gasteiger partial charge is 0.384 e. The zero-order valence-electron chi connectivity index (χ0n) is 23.7. The minimum atomic E-state index is -0.154. The molecule has 3 atom stereocenters. The van der Waals surface area contributed by atoms with Gasteiger partial charge in [-0.15, -0.1) is 23.1 Å². The monoisotopic (exact) mass is 622 g/mol. The zero-order valence-corrected chi connectivity index (χ0v) is 26.1. The standard InChI is InChI=1S/C30H35ClN8OS2/c1-2-36-5-7-37(8-6-36)14-19-15-42-28-26(22-16-41-24-11-33-25(32)10-20(22)24)23(31)9-21-27(28)39(19)30(40)35-29(21)38-12-17-3-4-18(13-38)34-17/h9-11,16-19,34H,2-8,12-15H2,1H3,(H2,32,33)/t17?,18?,19-/m0/s1. The van der Waals surface area contributed by atoms with Crippen molar-refractivity contribution < 1.29 is 0 Å². The third-order valence-electron chi connectivity index (χ3n) is 9.53. The van der Waals surface area contributed by atoms with Gasteiger partial charge in [0, 0.05) is 96.6 Å². The molecule has 4 aliphatic rings. The Kier molecular flexibility index (Phi) is 6.88. The highest BCUT2D eigenvalue weighted by molar-refractivity contribution is 7.99. The van der Waals surface area contributed by atoms with Gasteiger partial charge >= 0.3 is 5.69 Å². The summed E-state index contributed by atoms with van der Waals surface area (Å²) < 4.78 is 3.06. The van der Waals surface area contributed by atoms with E-state index >= 15 is 0 Å². The molecule has 4 aliphatic heterocycles. The van der Waals surface area contributed by atoms with Crippen LogP contribution in [0, 0.1) is 0 Å². The molecule has 0 saturated carbocycles. The number of hydrogen-bond acceptors (Lipinski definition) is 10. The van der Waals surface area contributed by atoms with Crippen LogP contribution in [0.3, 0.4) is 0 Å². The number of benzene rings is 1. The van der Waals surface area contributed by atoms with E-state index in [1.165, 1.54) is 12.8 Å². The molecular weight excluding hydrogens is 588 g/mol. The van der Waals surface area contributed by atoms with Gasteiger partial charge in [-0.05, 0) is 36.9 Å². The summed E-state index contributed by atoms with van der Waals surface area (Å²) >= 11 is 10.7. The van der Waals surface area contributed by atoms with Crippen LogP contribution in [0.5, 0.6) is 0 Å². The van der Waals surface area contributed by atoms with Gasteiger partial charge in [0.15, 0.2) is 0 Å². The van der Waals surface area contributed by atoms with Gasteiger partial charge in [0.25, 0.3) is 0 Å². The molecule has 9 nitrogen and oxygen atoms in total. The molecule has 3 N–H and O–H groups in total. The Hall–Kier alpha value is -2.41. The number of nitrogens with two attached hydrogens (primary N) is 1. The van der Waals surface area contributed by atoms with E-state index < -0.39 is 0 Å². The minimum absolute atomic E-state index is 0.0412. The summed E-state index contributed by atoms with van der Waals surface area (Å²) in [5.74, 6) is 2.06. The number of nitrogens with one attached hydrogen (secondary N) is 1. The summed E-state index contributed by atoms with van der Waals surface area (Å²) in [5.41, 5.74) is 8.97. The Morgan fingerprint density at radius 2 is 1.86 bits per heavy atom. The fourth-order valence-electron chi connectivity index (χ4n) is 7.38. The van der Waals surface area contributed by atoms with E-state index in [9.17, 15) is 4.79 Å². The Bertz CT molecular complexity index is 1740. The molecule has 1 aromatic carbocycles. The maximum atomic E-state index is 14.1. The number of thiophene rings is 1. The van der Waals surface area contributed by atoms with Crippen molar-refractivity contribution in [1.82, 2.24) is 29.7 Å². The Morgan fingerprint density at radius 3 is 2.62 bits per heavy atom. The lowest BCUT2D eigenvalue weighted by atomic mass is 10.0. The smallest absolute Gasteiger partial charge is 0.350 e. The number of thioether (sulfide) groups is 1. The third-order valence-corrected chi connectivity index (χ3v) is 12.0. The van der Waals surface area contributed by atoms with Gasteiger partial charge in [-0.2, -0.15) is 4.98 Å². The minimum Gasteiger partial charge on any atom is -0.384 e. The lowest BCUT2D eigenvalue weighted by molar-refractivity contribution is 0.126. The number of likely N-dealkylation sites (N-methyl/N-ethyl adjacent to an activating group) is 1. The number of piperazine rings is 2. The van der Waals surface area contributed by atoms with E-state index in [0.29, 0.717) is 22.9 Å². The van der Waals surface area contributed by atoms with Crippen molar-refractivity contribution in [2.75, 3.05) is 68.7 Å². The second-order valence-corrected chi connectivity index (χ2v) is 14.4. The van der Waals surface area contributed by atoms with Gasteiger partial charge in [0.05, 0.1) is 21.3 Å². The SMILES string of the molecule is CCN1CCN(C[C@H]2CSc3c(-c4csc5cnc(N)cc45)c(Cl)cc4c(N5CC6CCC(C5)N6)nc(=O)n2c34)CC1. The Morgan fingerprint density at radius 1 is 1.10 bits per heavy atom. The van der Waals surface area contributed by atoms with Gasteiger partial charge in [0.1, 0.15) is 11.6 Å². The van der Waals surface area contributed by atoms with Gasteiger partial charge in [-0.3, -0.25) is 9.47 Å². The number of rotatable bonds is 5. The first-order valence-corrected chi connectivity index (χ1v) is 17.2. The predicted molar refractivity (Wildman–Crippen MR) is 175 cm³/mol. The van der Waals surface area contributed by atoms with E-state index in [2.05, 4.69) is 43.4 Å². The second-order valence-electron chi connectivity index (χ2n) is 12.0. The number of anilines is 2. The number of aromatic nitrogens is 3. The number of halogens is 1. The molecule has 7 heterocycles. The number of pyridine rings is 1. The Balaban J connectivity index is 1.30. The van der Waals surface area contributed by atoms with Crippen LogP contribution in [0.4, 0.5) is 11.6 Å². The first kappa shape index (κ1) is 27.2. The molecule has 220 valence electrons. The number of hydrogen-bond donors (Lipinski definition) is 2. The maximum Gasteiger partial charge on any atom is 0.350 e. The van der Waals surface area contributed by atoms with Crippen LogP contribution in [0.2, 0.25) is 5.02 Å². The number of nitrogens with zero attached hydrogens (tertiary/aromatic N) is 6. The van der Waals surface area contributed by atoms with Crippen molar-refractivity contribution in [2.45, 2.75) is 42.8 Å². The molecule has 3 fully saturated rings. The molecular formula is C30H35ClN8OS2. The van der Waals surface area contributed by atoms with Crippen LogP contribution in [0.25, 0.3) is 32.1 Å². The summed E-state index contributed by atoms with van der Waals surface area (Å²) in [6.07, 6.45) is 4.16. The summed E-state index contributed by atoms with van der Waals surface area (Å²) in [5, 5.41) is 8.56. The van der Waals surface area contributed by atoms with Gasteiger partial charge in [-0.1, -0.05) is 18.5 Å². The van der Waals surface area contributed by atoms with Crippen LogP contribution in [0.15, 0.2) is 33.4 Å². The summed E-state index contributed by atoms with van der Waals surface area (Å²) in [6.45, 7) is 10.1. The highest BCUT2D eigenvalue weighted by Crippen LogP contribution is 2.50. The van der Waals surface area contributed by atoms with Crippen LogP contribution < -0.4 is 21.6 Å². The maximum absolute atomic E-state index is 14.1. The number of fused-ring (bicyclic) bond motifs is 3. The molecule has 12 heteroatoms. The first-order valence-electron chi connectivity index (χ1n) is 15.0. The normalized spacial score (nSPS) is 24.7. The van der Waals surface area contributed by atoms with E-state index in [1.807, 2.05) is 28.6 Å². The van der Waals surface area contributed by atoms with Crippen molar-refractivity contribution in [3.05, 3.63) is 39.2 Å². The average Bonchev–Trinajstić information content (AvgIpc) is 3.56. The molecule has 0 radical (unpaired) electrons. The first-order chi connectivity index (χ1) is 20.5. The summed E-state index contributed by atoms with van der Waals surface area (Å²) in [4.78, 5) is 31.6. The van der Waals surface area contributed by atoms with Gasteiger partial charge in [-0.25, -0.2) is 9.78 Å². The molecule has 2 bridgehead atoms. The van der Waals surface area contributed by atoms with Gasteiger partial charge in [0.2, 0.25) is 0 Å². The van der Waals surface area contributed by atoms with Gasteiger partial charge < -0.3 is 20.9 Å². The van der Waals surface area contributed by atoms with Crippen molar-refractivity contribution in [1.29, 1.82) is 0 Å². The average molecular weight is 623 g/mol. The molecule has 4 aromatic rings. The summed E-state index contributed by atoms with van der Waals surface area (Å²) in [6, 6.07) is 4.91. The molecule has 3 aromatic heterocycles. The highest BCUT2D eigenvalue weighted by atomic mass is 35.5. The van der Waals surface area contributed by atoms with Crippen molar-refractivity contribution in [3.63, 3.8) is 0 Å². The van der Waals surface area contributed by atoms with Crippen LogP contribution in [0.1, 0.15) is 25.8 Å². The fourth-order valence-corrected chi connectivity index (χ4v) is 9.97. The zero-order chi connectivity index (χ0) is 28.5. The molecule has 42 heavy (non-hydrogen) atoms. The lowest BCUT2D eigenvalue weighted by Crippen LogP contribution is -2.52. The van der Waals surface area contributed by atoms with Crippen LogP contribution >= 0.6 is 34.7 Å². The fraction of sp³-hybridized carbons (Fsp3) is 0.500. The van der Waals surface area contributed by atoms with E-state index in [1.54, 1.807) is 11.3 Å². The van der Waals surface area contributed by atoms with Crippen molar-refractivity contribution >= 4 is 67.3 Å². The molecule has 3 saturated heterocycles. The van der Waals surface area contributed by atoms with Crippen LogP contribution in [-0.2, 0) is 0 Å². The third kappa shape index (κ3) is 4.51. The van der Waals surface area contributed by atoms with E-state index in [0.717, 1.165) is 101 Å². The van der Waals surface area contributed by atoms with Crippen LogP contribution in [-0.4, -0.2) is 94.5 Å². The van der Waals surface area contributed by atoms with Crippen molar-refractivity contribution in [3.8, 4) is 11.1 Å². The Labute approximate surface area is 258 Å². The lowest BCUT2D eigenvalue weighted by Gasteiger charge is -2.38. The molecule has 0 amide bonds. The van der Waals surface area contributed by atoms with E-state index in [4.69, 9.17) is 22.3 Å². The second kappa shape index (κ2) is 10.6. The molecule has 8 rings (SSSR count). The predicted octanol–water partition coefficient (Wildman–Crippen LogP) is 4.13. The highest BCUT2D eigenvalue weighted by Gasteiger charge is 2.36. The quantitative estimate of drug-likeness (QED) is 0.341. The summed E-state index contributed by atoms with van der Waals surface area (Å²) in [7, 11) is 0. The molecule has 2 unspecified atom stereocenters. The molecule has 0 aliphatic carbocycles. The van der Waals surface area contributed by atoms with E-state index in [-0.39, 0.29) is 11.7 Å². The van der Waals surface area contributed by atoms with Crippen molar-refractivity contribution in [2.24, 2.45) is 0 Å².